The van der Waals surface area contributed by atoms with Gasteiger partial charge in [0.05, 0.1) is 11.1 Å². The van der Waals surface area contributed by atoms with E-state index in [1.165, 1.54) is 6.07 Å². The van der Waals surface area contributed by atoms with E-state index in [1.54, 1.807) is 21.7 Å². The largest absolute Gasteiger partial charge is 0.417 e. The number of alkyl halides is 3. The van der Waals surface area contributed by atoms with Crippen molar-refractivity contribution in [3.63, 3.8) is 0 Å². The third-order valence-corrected chi connectivity index (χ3v) is 5.24. The Morgan fingerprint density at radius 2 is 1.93 bits per heavy atom. The second-order valence-electron chi connectivity index (χ2n) is 7.14. The van der Waals surface area contributed by atoms with Gasteiger partial charge in [0.25, 0.3) is 5.91 Å². The zero-order chi connectivity index (χ0) is 21.3. The minimum Gasteiger partial charge on any atom is -0.355 e. The molecular formula is C20H21F3N6O. The third-order valence-electron chi connectivity index (χ3n) is 5.24. The van der Waals surface area contributed by atoms with Crippen LogP contribution in [-0.4, -0.2) is 57.0 Å². The first kappa shape index (κ1) is 20.1. The molecule has 3 heterocycles. The molecule has 0 unspecified atom stereocenters. The van der Waals surface area contributed by atoms with E-state index in [2.05, 4.69) is 15.3 Å². The van der Waals surface area contributed by atoms with E-state index in [-0.39, 0.29) is 5.91 Å². The molecule has 4 rings (SSSR count). The number of halogens is 3. The lowest BCUT2D eigenvalue weighted by Crippen LogP contribution is -2.35. The summed E-state index contributed by atoms with van der Waals surface area (Å²) in [6.45, 7) is 4.81. The molecule has 1 amide bonds. The Morgan fingerprint density at radius 3 is 2.63 bits per heavy atom. The first-order valence-corrected chi connectivity index (χ1v) is 9.77. The van der Waals surface area contributed by atoms with E-state index in [1.807, 2.05) is 17.9 Å². The molecule has 0 saturated carbocycles. The molecule has 3 aromatic rings. The van der Waals surface area contributed by atoms with Crippen molar-refractivity contribution in [2.45, 2.75) is 26.1 Å². The van der Waals surface area contributed by atoms with E-state index >= 15 is 0 Å². The summed E-state index contributed by atoms with van der Waals surface area (Å²) in [5.41, 5.74) is 1.33. The second kappa shape index (κ2) is 7.92. The van der Waals surface area contributed by atoms with Crippen LogP contribution < -0.4 is 4.90 Å². The maximum absolute atomic E-state index is 13.0. The van der Waals surface area contributed by atoms with Gasteiger partial charge in [0.15, 0.2) is 0 Å². The highest BCUT2D eigenvalue weighted by atomic mass is 19.4. The van der Waals surface area contributed by atoms with Crippen molar-refractivity contribution in [1.29, 1.82) is 0 Å². The van der Waals surface area contributed by atoms with Crippen molar-refractivity contribution < 1.29 is 18.0 Å². The van der Waals surface area contributed by atoms with Gasteiger partial charge in [-0.2, -0.15) is 13.2 Å². The van der Waals surface area contributed by atoms with Gasteiger partial charge in [-0.05, 0) is 43.7 Å². The van der Waals surface area contributed by atoms with Crippen LogP contribution in [0.1, 0.15) is 29.3 Å². The molecule has 1 aromatic carbocycles. The van der Waals surface area contributed by atoms with Gasteiger partial charge < -0.3 is 9.80 Å². The first-order valence-electron chi connectivity index (χ1n) is 9.77. The van der Waals surface area contributed by atoms with Crippen molar-refractivity contribution in [1.82, 2.24) is 24.9 Å². The topological polar surface area (TPSA) is 67.2 Å². The Kier molecular flexibility index (Phi) is 5.31. The van der Waals surface area contributed by atoms with Gasteiger partial charge in [-0.3, -0.25) is 4.79 Å². The lowest BCUT2D eigenvalue weighted by Gasteiger charge is -2.23. The molecule has 10 heteroatoms. The van der Waals surface area contributed by atoms with Crippen molar-refractivity contribution in [3.05, 3.63) is 47.7 Å². The fraction of sp³-hybridized carbons (Fsp3) is 0.400. The highest BCUT2D eigenvalue weighted by molar-refractivity contribution is 5.97. The first-order chi connectivity index (χ1) is 14.4. The predicted octanol–water partition coefficient (Wildman–Crippen LogP) is 3.22. The molecule has 30 heavy (non-hydrogen) atoms. The molecule has 1 fully saturated rings. The Morgan fingerprint density at radius 1 is 1.10 bits per heavy atom. The van der Waals surface area contributed by atoms with Crippen molar-refractivity contribution >= 4 is 22.8 Å². The van der Waals surface area contributed by atoms with Gasteiger partial charge in [0.2, 0.25) is 0 Å². The Balaban J connectivity index is 1.45. The molecule has 158 valence electrons. The van der Waals surface area contributed by atoms with Crippen LogP contribution in [0.3, 0.4) is 0 Å². The number of amides is 1. The molecule has 0 aliphatic carbocycles. The quantitative estimate of drug-likeness (QED) is 0.654. The molecule has 7 nitrogen and oxygen atoms in total. The van der Waals surface area contributed by atoms with Crippen LogP contribution in [0.5, 0.6) is 0 Å². The standard InChI is InChI=1S/C20H21F3N6O/c1-2-29-17-6-4-14(12-16(17)25-26-29)19(30)28-9-3-8-27(10-11-28)18-7-5-15(13-24-18)20(21,22)23/h4-7,12-13H,2-3,8-11H2,1H3. The molecular weight excluding hydrogens is 397 g/mol. The minimum absolute atomic E-state index is 0.0924. The van der Waals surface area contributed by atoms with E-state index in [4.69, 9.17) is 0 Å². The fourth-order valence-corrected chi connectivity index (χ4v) is 3.61. The zero-order valence-corrected chi connectivity index (χ0v) is 16.4. The van der Waals surface area contributed by atoms with E-state index in [0.29, 0.717) is 56.0 Å². The molecule has 0 N–H and O–H groups in total. The number of fused-ring (bicyclic) bond motifs is 1. The van der Waals surface area contributed by atoms with Crippen LogP contribution in [0.25, 0.3) is 11.0 Å². The maximum atomic E-state index is 13.0. The minimum atomic E-state index is -4.41. The summed E-state index contributed by atoms with van der Waals surface area (Å²) in [6.07, 6.45) is -2.86. The Hall–Kier alpha value is -3.17. The number of pyridine rings is 1. The van der Waals surface area contributed by atoms with Crippen LogP contribution in [0.2, 0.25) is 0 Å². The summed E-state index contributed by atoms with van der Waals surface area (Å²) in [7, 11) is 0. The average Bonchev–Trinajstić information content (AvgIpc) is 2.99. The highest BCUT2D eigenvalue weighted by Crippen LogP contribution is 2.29. The number of carbonyl (C=O) groups excluding carboxylic acids is 1. The van der Waals surface area contributed by atoms with Crippen LogP contribution in [0, 0.1) is 0 Å². The monoisotopic (exact) mass is 418 g/mol. The van der Waals surface area contributed by atoms with Gasteiger partial charge in [-0.1, -0.05) is 5.21 Å². The maximum Gasteiger partial charge on any atom is 0.417 e. The summed E-state index contributed by atoms with van der Waals surface area (Å²) >= 11 is 0. The number of rotatable bonds is 3. The Bertz CT molecular complexity index is 1050. The second-order valence-corrected chi connectivity index (χ2v) is 7.14. The molecule has 1 aliphatic heterocycles. The number of nitrogens with zero attached hydrogens (tertiary/aromatic N) is 6. The van der Waals surface area contributed by atoms with Crippen molar-refractivity contribution in [3.8, 4) is 0 Å². The molecule has 0 bridgehead atoms. The number of carbonyl (C=O) groups is 1. The number of hydrogen-bond acceptors (Lipinski definition) is 5. The molecule has 2 aromatic heterocycles. The SMILES string of the molecule is CCn1nnc2cc(C(=O)N3CCCN(c4ccc(C(F)(F)F)cn4)CC3)ccc21. The number of hydrogen-bond donors (Lipinski definition) is 0. The van der Waals surface area contributed by atoms with Crippen LogP contribution in [-0.2, 0) is 12.7 Å². The normalized spacial score (nSPS) is 15.5. The number of anilines is 1. The molecule has 0 radical (unpaired) electrons. The summed E-state index contributed by atoms with van der Waals surface area (Å²) in [6, 6.07) is 7.79. The van der Waals surface area contributed by atoms with E-state index in [0.717, 1.165) is 17.8 Å². The highest BCUT2D eigenvalue weighted by Gasteiger charge is 2.31. The lowest BCUT2D eigenvalue weighted by molar-refractivity contribution is -0.137. The molecule has 1 aliphatic rings. The number of aromatic nitrogens is 4. The van der Waals surface area contributed by atoms with E-state index in [9.17, 15) is 18.0 Å². The fourth-order valence-electron chi connectivity index (χ4n) is 3.61. The van der Waals surface area contributed by atoms with E-state index < -0.39 is 11.7 Å². The van der Waals surface area contributed by atoms with Gasteiger partial charge in [0, 0.05) is 44.5 Å². The lowest BCUT2D eigenvalue weighted by atomic mass is 10.1. The van der Waals surface area contributed by atoms with Gasteiger partial charge in [-0.15, -0.1) is 5.10 Å². The molecule has 0 spiro atoms. The van der Waals surface area contributed by atoms with Gasteiger partial charge in [-0.25, -0.2) is 9.67 Å². The predicted molar refractivity (Wildman–Crippen MR) is 105 cm³/mol. The molecule has 1 saturated heterocycles. The summed E-state index contributed by atoms with van der Waals surface area (Å²) in [5.74, 6) is 0.389. The van der Waals surface area contributed by atoms with Crippen LogP contribution >= 0.6 is 0 Å². The van der Waals surface area contributed by atoms with Gasteiger partial charge >= 0.3 is 6.18 Å². The molecule has 0 atom stereocenters. The summed E-state index contributed by atoms with van der Waals surface area (Å²) < 4.78 is 40.0. The summed E-state index contributed by atoms with van der Waals surface area (Å²) in [4.78, 5) is 20.6. The number of benzene rings is 1. The third kappa shape index (κ3) is 3.94. The Labute approximate surface area is 171 Å². The average molecular weight is 418 g/mol. The van der Waals surface area contributed by atoms with Crippen molar-refractivity contribution in [2.75, 3.05) is 31.1 Å². The zero-order valence-electron chi connectivity index (χ0n) is 16.4. The summed E-state index contributed by atoms with van der Waals surface area (Å²) in [5, 5.41) is 8.18. The smallest absolute Gasteiger partial charge is 0.355 e. The number of aryl methyl sites for hydroxylation is 1. The van der Waals surface area contributed by atoms with Crippen LogP contribution in [0.4, 0.5) is 19.0 Å². The van der Waals surface area contributed by atoms with Crippen LogP contribution in [0.15, 0.2) is 36.5 Å². The van der Waals surface area contributed by atoms with Crippen molar-refractivity contribution in [2.24, 2.45) is 0 Å². The van der Waals surface area contributed by atoms with Gasteiger partial charge in [0.1, 0.15) is 11.3 Å².